The molecule has 0 unspecified atom stereocenters. The number of hydrogen-bond acceptors (Lipinski definition) is 7. The van der Waals surface area contributed by atoms with E-state index in [9.17, 15) is 28.9 Å². The molecule has 0 spiro atoms. The molecule has 1 aromatic heterocycles. The number of nitriles is 1. The van der Waals surface area contributed by atoms with Gasteiger partial charge in [0.25, 0.3) is 5.91 Å². The molecule has 0 saturated heterocycles. The molecule has 2 aromatic rings. The molecular formula is C22H29FN4O4S2. The number of halogens is 1. The zero-order chi connectivity index (χ0) is 25.1. The zero-order valence-electron chi connectivity index (χ0n) is 19.5. The van der Waals surface area contributed by atoms with E-state index in [0.717, 1.165) is 11.3 Å². The lowest BCUT2D eigenvalue weighted by atomic mass is 9.87. The highest BCUT2D eigenvalue weighted by atomic mass is 32.2. The van der Waals surface area contributed by atoms with Crippen LogP contribution >= 0.6 is 11.3 Å². The number of carbonyl (C=O) groups excluding carboxylic acids is 1. The summed E-state index contributed by atoms with van der Waals surface area (Å²) in [5.74, 6) is -1.32. The van der Waals surface area contributed by atoms with Crippen molar-refractivity contribution in [2.45, 2.75) is 76.2 Å². The minimum absolute atomic E-state index is 0.0473. The molecule has 1 aromatic carbocycles. The first-order valence-electron chi connectivity index (χ1n) is 10.3. The van der Waals surface area contributed by atoms with Gasteiger partial charge in [0.15, 0.2) is 16.1 Å². The smallest absolute Gasteiger partial charge is 0.259 e. The van der Waals surface area contributed by atoms with Crippen LogP contribution in [0, 0.1) is 17.3 Å². The molecule has 0 aliphatic carbocycles. The maximum atomic E-state index is 14.2. The molecule has 180 valence electrons. The lowest BCUT2D eigenvalue weighted by molar-refractivity contribution is -0.117. The first-order valence-corrected chi connectivity index (χ1v) is 12.7. The van der Waals surface area contributed by atoms with Gasteiger partial charge in [-0.3, -0.25) is 4.79 Å². The number of carbonyl (C=O) groups is 1. The minimum atomic E-state index is -3.82. The topological polar surface area (TPSA) is 136 Å². The number of aliphatic hydroxyl groups excluding tert-OH is 1. The van der Waals surface area contributed by atoms with E-state index in [2.05, 4.69) is 14.1 Å². The number of rotatable bonds is 8. The van der Waals surface area contributed by atoms with Crippen LogP contribution in [0.4, 0.5) is 4.39 Å². The van der Waals surface area contributed by atoms with Crippen molar-refractivity contribution in [2.24, 2.45) is 4.36 Å². The molecule has 1 atom stereocenters. The number of aliphatic hydroxyl groups is 2. The summed E-state index contributed by atoms with van der Waals surface area (Å²) >= 11 is 0.799. The van der Waals surface area contributed by atoms with E-state index in [0.29, 0.717) is 16.7 Å². The molecule has 1 amide bonds. The van der Waals surface area contributed by atoms with Crippen LogP contribution in [0.25, 0.3) is 0 Å². The number of thiazole rings is 1. The molecule has 3 N–H and O–H groups in total. The second-order valence-corrected chi connectivity index (χ2v) is 11.8. The molecule has 33 heavy (non-hydrogen) atoms. The standard InChI is InChI=1S/C22H29FN4O4S2/c1-12(2)15-7-14(23)8-16(13(3)4)17(15)9-19(29)27-33(31,25-11-24)20-18(10-28)26-21(32-20)22(5,6)30/h7-8,12-13,28,30H,9-10H2,1-6H3,(H,25,27,29,31)/t33-/m0/s1. The van der Waals surface area contributed by atoms with Gasteiger partial charge in [-0.1, -0.05) is 27.7 Å². The number of hydrogen-bond donors (Lipinski definition) is 3. The Hall–Kier alpha value is -2.39. The largest absolute Gasteiger partial charge is 0.390 e. The van der Waals surface area contributed by atoms with Crippen molar-refractivity contribution < 1.29 is 23.6 Å². The Labute approximate surface area is 197 Å². The maximum Gasteiger partial charge on any atom is 0.259 e. The van der Waals surface area contributed by atoms with Crippen LogP contribution in [0.15, 0.2) is 20.7 Å². The SMILES string of the molecule is CC(C)c1cc(F)cc(C(C)C)c1CC(=O)N=[S@@](=O)(NC#N)c1sc(C(C)(C)O)nc1CO. The summed E-state index contributed by atoms with van der Waals surface area (Å²) in [6.45, 7) is 9.84. The summed E-state index contributed by atoms with van der Waals surface area (Å²) < 4.78 is 33.6. The normalized spacial score (nSPS) is 13.6. The second-order valence-electron chi connectivity index (χ2n) is 8.74. The Kier molecular flexibility index (Phi) is 8.35. The maximum absolute atomic E-state index is 14.2. The number of aromatic nitrogens is 1. The number of nitrogens with one attached hydrogen (secondary N) is 1. The van der Waals surface area contributed by atoms with Gasteiger partial charge in [0.05, 0.1) is 18.7 Å². The Morgan fingerprint density at radius 3 is 2.27 bits per heavy atom. The number of benzene rings is 1. The van der Waals surface area contributed by atoms with Gasteiger partial charge in [0, 0.05) is 0 Å². The molecule has 11 heteroatoms. The van der Waals surface area contributed by atoms with Crippen molar-refractivity contribution in [1.82, 2.24) is 9.71 Å². The van der Waals surface area contributed by atoms with Crippen molar-refractivity contribution in [2.75, 3.05) is 0 Å². The van der Waals surface area contributed by atoms with Gasteiger partial charge in [0.1, 0.15) is 20.6 Å². The van der Waals surface area contributed by atoms with Gasteiger partial charge in [0.2, 0.25) is 0 Å². The van der Waals surface area contributed by atoms with Crippen LogP contribution in [-0.2, 0) is 33.3 Å². The van der Waals surface area contributed by atoms with Crippen molar-refractivity contribution in [3.63, 3.8) is 0 Å². The summed E-state index contributed by atoms with van der Waals surface area (Å²) in [6.07, 6.45) is 1.32. The van der Waals surface area contributed by atoms with Gasteiger partial charge in [-0.25, -0.2) is 18.3 Å². The van der Waals surface area contributed by atoms with Crippen LogP contribution in [0.3, 0.4) is 0 Å². The molecule has 0 aliphatic heterocycles. The van der Waals surface area contributed by atoms with Gasteiger partial charge in [-0.05, 0) is 54.5 Å². The van der Waals surface area contributed by atoms with Crippen molar-refractivity contribution in [3.05, 3.63) is 45.3 Å². The molecular weight excluding hydrogens is 467 g/mol. The van der Waals surface area contributed by atoms with Crippen molar-refractivity contribution in [3.8, 4) is 6.19 Å². The Balaban J connectivity index is 2.64. The highest BCUT2D eigenvalue weighted by Crippen LogP contribution is 2.33. The molecule has 0 saturated carbocycles. The lowest BCUT2D eigenvalue weighted by Crippen LogP contribution is -2.21. The van der Waals surface area contributed by atoms with Crippen LogP contribution in [-0.4, -0.2) is 25.3 Å². The summed E-state index contributed by atoms with van der Waals surface area (Å²) in [7, 11) is -3.82. The fourth-order valence-corrected chi connectivity index (χ4v) is 6.19. The van der Waals surface area contributed by atoms with Gasteiger partial charge in [-0.15, -0.1) is 15.7 Å². The third kappa shape index (κ3) is 6.14. The predicted molar refractivity (Wildman–Crippen MR) is 124 cm³/mol. The molecule has 0 aliphatic rings. The highest BCUT2D eigenvalue weighted by Gasteiger charge is 2.29. The quantitative estimate of drug-likeness (QED) is 0.375. The van der Waals surface area contributed by atoms with E-state index in [-0.39, 0.29) is 33.2 Å². The monoisotopic (exact) mass is 496 g/mol. The average molecular weight is 497 g/mol. The molecule has 0 fully saturated rings. The Morgan fingerprint density at radius 1 is 1.30 bits per heavy atom. The van der Waals surface area contributed by atoms with E-state index in [1.165, 1.54) is 26.0 Å². The Bertz CT molecular complexity index is 1170. The molecule has 0 radical (unpaired) electrons. The van der Waals surface area contributed by atoms with Crippen LogP contribution < -0.4 is 4.72 Å². The zero-order valence-corrected chi connectivity index (χ0v) is 21.1. The molecule has 8 nitrogen and oxygen atoms in total. The number of nitrogens with zero attached hydrogens (tertiary/aromatic N) is 3. The first-order chi connectivity index (χ1) is 15.2. The Morgan fingerprint density at radius 2 is 1.85 bits per heavy atom. The van der Waals surface area contributed by atoms with Crippen molar-refractivity contribution >= 4 is 27.2 Å². The summed E-state index contributed by atoms with van der Waals surface area (Å²) in [4.78, 5) is 17.1. The second kappa shape index (κ2) is 10.3. The minimum Gasteiger partial charge on any atom is -0.390 e. The van der Waals surface area contributed by atoms with E-state index < -0.39 is 33.8 Å². The van der Waals surface area contributed by atoms with Gasteiger partial charge >= 0.3 is 0 Å². The summed E-state index contributed by atoms with van der Waals surface area (Å²) in [5, 5.41) is 29.3. The predicted octanol–water partition coefficient (Wildman–Crippen LogP) is 3.83. The summed E-state index contributed by atoms with van der Waals surface area (Å²) in [5.41, 5.74) is 0.475. The van der Waals surface area contributed by atoms with Crippen LogP contribution in [0.2, 0.25) is 0 Å². The van der Waals surface area contributed by atoms with Gasteiger partial charge < -0.3 is 10.2 Å². The van der Waals surface area contributed by atoms with E-state index in [1.54, 1.807) is 6.19 Å². The highest BCUT2D eigenvalue weighted by molar-refractivity contribution is 7.94. The van der Waals surface area contributed by atoms with Crippen molar-refractivity contribution in [1.29, 1.82) is 5.26 Å². The van der Waals surface area contributed by atoms with E-state index in [4.69, 9.17) is 0 Å². The number of amides is 1. The third-order valence-electron chi connectivity index (χ3n) is 4.86. The fourth-order valence-electron chi connectivity index (χ4n) is 3.33. The molecule has 0 bridgehead atoms. The average Bonchev–Trinajstić information content (AvgIpc) is 3.14. The van der Waals surface area contributed by atoms with Gasteiger partial charge in [-0.2, -0.15) is 5.26 Å². The summed E-state index contributed by atoms with van der Waals surface area (Å²) in [6, 6.07) is 2.76. The third-order valence-corrected chi connectivity index (χ3v) is 8.56. The van der Waals surface area contributed by atoms with E-state index in [1.807, 2.05) is 27.7 Å². The van der Waals surface area contributed by atoms with E-state index >= 15 is 0 Å². The van der Waals surface area contributed by atoms with Crippen LogP contribution in [0.5, 0.6) is 0 Å². The molecule has 2 rings (SSSR count). The fraction of sp³-hybridized carbons (Fsp3) is 0.500. The lowest BCUT2D eigenvalue weighted by Gasteiger charge is -2.19. The van der Waals surface area contributed by atoms with Crippen LogP contribution in [0.1, 0.15) is 80.8 Å². The molecule has 1 heterocycles. The first kappa shape index (κ1) is 26.9.